The third-order valence-corrected chi connectivity index (χ3v) is 3.98. The van der Waals surface area contributed by atoms with E-state index in [-0.39, 0.29) is 18.0 Å². The predicted molar refractivity (Wildman–Crippen MR) is 80.9 cm³/mol. The number of hydrogen-bond donors (Lipinski definition) is 1. The first-order valence-electron chi connectivity index (χ1n) is 6.72. The molecule has 2 unspecified atom stereocenters. The highest BCUT2D eigenvalue weighted by Gasteiger charge is 2.24. The SMILES string of the molecule is CCOC(C(C)C)C(Cc1ccc(F)cc1Br)NC. The zero-order valence-electron chi connectivity index (χ0n) is 12.0. The van der Waals surface area contributed by atoms with Gasteiger partial charge >= 0.3 is 0 Å². The molecule has 1 N–H and O–H groups in total. The lowest BCUT2D eigenvalue weighted by molar-refractivity contribution is 0.00532. The molecule has 1 aromatic rings. The van der Waals surface area contributed by atoms with Gasteiger partial charge in [-0.25, -0.2) is 4.39 Å². The standard InChI is InChI=1S/C15H23BrFNO/c1-5-19-15(10(2)3)14(18-4)8-11-6-7-12(17)9-13(11)16/h6-7,9-10,14-15,18H,5,8H2,1-4H3. The van der Waals surface area contributed by atoms with Crippen LogP contribution in [0.5, 0.6) is 0 Å². The summed E-state index contributed by atoms with van der Waals surface area (Å²) in [5.41, 5.74) is 1.09. The monoisotopic (exact) mass is 331 g/mol. The lowest BCUT2D eigenvalue weighted by Gasteiger charge is -2.30. The topological polar surface area (TPSA) is 21.3 Å². The quantitative estimate of drug-likeness (QED) is 0.820. The summed E-state index contributed by atoms with van der Waals surface area (Å²) < 4.78 is 19.8. The highest BCUT2D eigenvalue weighted by atomic mass is 79.9. The smallest absolute Gasteiger partial charge is 0.124 e. The van der Waals surface area contributed by atoms with Crippen LogP contribution in [-0.2, 0) is 11.2 Å². The van der Waals surface area contributed by atoms with Crippen LogP contribution in [0.2, 0.25) is 0 Å². The molecular formula is C15H23BrFNO. The molecule has 0 heterocycles. The van der Waals surface area contributed by atoms with Gasteiger partial charge in [-0.1, -0.05) is 35.8 Å². The van der Waals surface area contributed by atoms with Crippen molar-refractivity contribution < 1.29 is 9.13 Å². The van der Waals surface area contributed by atoms with Gasteiger partial charge in [0.15, 0.2) is 0 Å². The summed E-state index contributed by atoms with van der Waals surface area (Å²) in [4.78, 5) is 0. The highest BCUT2D eigenvalue weighted by molar-refractivity contribution is 9.10. The average molecular weight is 332 g/mol. The van der Waals surface area contributed by atoms with Crippen LogP contribution in [0.3, 0.4) is 0 Å². The molecule has 0 saturated carbocycles. The minimum absolute atomic E-state index is 0.145. The van der Waals surface area contributed by atoms with Crippen molar-refractivity contribution in [3.63, 3.8) is 0 Å². The molecule has 0 bridgehead atoms. The molecule has 1 rings (SSSR count). The Kier molecular flexibility index (Phi) is 6.97. The van der Waals surface area contributed by atoms with E-state index >= 15 is 0 Å². The number of halogens is 2. The molecule has 0 aromatic heterocycles. The largest absolute Gasteiger partial charge is 0.377 e. The maximum Gasteiger partial charge on any atom is 0.124 e. The van der Waals surface area contributed by atoms with Crippen molar-refractivity contribution in [1.29, 1.82) is 0 Å². The second-order valence-electron chi connectivity index (χ2n) is 5.00. The number of rotatable bonds is 7. The zero-order valence-corrected chi connectivity index (χ0v) is 13.6. The molecule has 2 atom stereocenters. The summed E-state index contributed by atoms with van der Waals surface area (Å²) in [5.74, 6) is 0.207. The van der Waals surface area contributed by atoms with E-state index < -0.39 is 0 Å². The average Bonchev–Trinajstić information content (AvgIpc) is 2.35. The minimum Gasteiger partial charge on any atom is -0.377 e. The maximum atomic E-state index is 13.1. The molecule has 0 radical (unpaired) electrons. The lowest BCUT2D eigenvalue weighted by atomic mass is 9.94. The first-order chi connectivity index (χ1) is 8.99. The van der Waals surface area contributed by atoms with E-state index in [0.29, 0.717) is 12.5 Å². The summed E-state index contributed by atoms with van der Waals surface area (Å²) >= 11 is 3.42. The molecule has 0 spiro atoms. The van der Waals surface area contributed by atoms with Crippen molar-refractivity contribution in [1.82, 2.24) is 5.32 Å². The number of nitrogens with one attached hydrogen (secondary N) is 1. The fourth-order valence-electron chi connectivity index (χ4n) is 2.27. The van der Waals surface area contributed by atoms with E-state index in [1.54, 1.807) is 0 Å². The van der Waals surface area contributed by atoms with E-state index in [9.17, 15) is 4.39 Å². The van der Waals surface area contributed by atoms with Crippen molar-refractivity contribution in [2.24, 2.45) is 5.92 Å². The summed E-state index contributed by atoms with van der Waals surface area (Å²) in [5, 5.41) is 3.32. The van der Waals surface area contributed by atoms with Gasteiger partial charge in [-0.2, -0.15) is 0 Å². The molecule has 2 nitrogen and oxygen atoms in total. The van der Waals surface area contributed by atoms with Gasteiger partial charge in [-0.15, -0.1) is 0 Å². The summed E-state index contributed by atoms with van der Waals surface area (Å²) in [6, 6.07) is 5.04. The van der Waals surface area contributed by atoms with Crippen LogP contribution in [0.25, 0.3) is 0 Å². The molecule has 0 aliphatic carbocycles. The highest BCUT2D eigenvalue weighted by Crippen LogP contribution is 2.22. The molecule has 108 valence electrons. The number of likely N-dealkylation sites (N-methyl/N-ethyl adjacent to an activating group) is 1. The summed E-state index contributed by atoms with van der Waals surface area (Å²) in [6.45, 7) is 7.02. The van der Waals surface area contributed by atoms with E-state index in [0.717, 1.165) is 16.5 Å². The first kappa shape index (κ1) is 16.6. The number of hydrogen-bond acceptors (Lipinski definition) is 2. The summed E-state index contributed by atoms with van der Waals surface area (Å²) in [7, 11) is 1.94. The van der Waals surface area contributed by atoms with E-state index in [1.807, 2.05) is 20.0 Å². The van der Waals surface area contributed by atoms with Gasteiger partial charge in [0.25, 0.3) is 0 Å². The Morgan fingerprint density at radius 1 is 1.37 bits per heavy atom. The Labute approximate surface area is 123 Å². The lowest BCUT2D eigenvalue weighted by Crippen LogP contribution is -2.44. The minimum atomic E-state index is -0.221. The zero-order chi connectivity index (χ0) is 14.4. The van der Waals surface area contributed by atoms with Crippen LogP contribution in [0, 0.1) is 11.7 Å². The first-order valence-corrected chi connectivity index (χ1v) is 7.51. The third kappa shape index (κ3) is 4.86. The maximum absolute atomic E-state index is 13.1. The molecule has 0 amide bonds. The van der Waals surface area contributed by atoms with Gasteiger partial charge < -0.3 is 10.1 Å². The van der Waals surface area contributed by atoms with Gasteiger partial charge in [-0.3, -0.25) is 0 Å². The summed E-state index contributed by atoms with van der Waals surface area (Å²) in [6.07, 6.45) is 0.951. The van der Waals surface area contributed by atoms with E-state index in [4.69, 9.17) is 4.74 Å². The Hall–Kier alpha value is -0.450. The van der Waals surface area contributed by atoms with Crippen LogP contribution < -0.4 is 5.32 Å². The van der Waals surface area contributed by atoms with E-state index in [2.05, 4.69) is 35.1 Å². The van der Waals surface area contributed by atoms with Crippen molar-refractivity contribution in [3.8, 4) is 0 Å². The molecule has 0 saturated heterocycles. The van der Waals surface area contributed by atoms with Gasteiger partial charge in [-0.05, 0) is 44.0 Å². The van der Waals surface area contributed by atoms with Crippen molar-refractivity contribution in [2.45, 2.75) is 39.3 Å². The van der Waals surface area contributed by atoms with Crippen LogP contribution in [0.15, 0.2) is 22.7 Å². The number of benzene rings is 1. The van der Waals surface area contributed by atoms with Gasteiger partial charge in [0.2, 0.25) is 0 Å². The second kappa shape index (κ2) is 7.98. The molecule has 4 heteroatoms. The van der Waals surface area contributed by atoms with E-state index in [1.165, 1.54) is 12.1 Å². The van der Waals surface area contributed by atoms with Crippen molar-refractivity contribution in [3.05, 3.63) is 34.1 Å². The molecule has 19 heavy (non-hydrogen) atoms. The van der Waals surface area contributed by atoms with Gasteiger partial charge in [0.1, 0.15) is 5.82 Å². The Bertz CT molecular complexity index is 398. The van der Waals surface area contributed by atoms with Gasteiger partial charge in [0, 0.05) is 17.1 Å². The molecule has 0 fully saturated rings. The van der Waals surface area contributed by atoms with Crippen LogP contribution >= 0.6 is 15.9 Å². The Morgan fingerprint density at radius 3 is 2.53 bits per heavy atom. The molecule has 1 aromatic carbocycles. The van der Waals surface area contributed by atoms with Crippen molar-refractivity contribution in [2.75, 3.05) is 13.7 Å². The number of ether oxygens (including phenoxy) is 1. The van der Waals surface area contributed by atoms with Crippen LogP contribution in [0.4, 0.5) is 4.39 Å². The fraction of sp³-hybridized carbons (Fsp3) is 0.600. The third-order valence-electron chi connectivity index (χ3n) is 3.24. The Morgan fingerprint density at radius 2 is 2.05 bits per heavy atom. The molecular weight excluding hydrogens is 309 g/mol. The Balaban J connectivity index is 2.85. The predicted octanol–water partition coefficient (Wildman–Crippen LogP) is 3.78. The normalized spacial score (nSPS) is 14.7. The molecule has 0 aliphatic heterocycles. The second-order valence-corrected chi connectivity index (χ2v) is 5.85. The van der Waals surface area contributed by atoms with Gasteiger partial charge in [0.05, 0.1) is 6.10 Å². The molecule has 0 aliphatic rings. The fourth-order valence-corrected chi connectivity index (χ4v) is 2.79. The van der Waals surface area contributed by atoms with Crippen LogP contribution in [-0.4, -0.2) is 25.8 Å². The van der Waals surface area contributed by atoms with Crippen molar-refractivity contribution >= 4 is 15.9 Å². The van der Waals surface area contributed by atoms with Crippen LogP contribution in [0.1, 0.15) is 26.3 Å².